The molecule has 0 saturated carbocycles. The predicted octanol–water partition coefficient (Wildman–Crippen LogP) is 2.12. The molecule has 1 aliphatic heterocycles. The highest BCUT2D eigenvalue weighted by atomic mass is 16.4. The van der Waals surface area contributed by atoms with Crippen LogP contribution in [0.1, 0.15) is 30.5 Å². The quantitative estimate of drug-likeness (QED) is 0.763. The van der Waals surface area contributed by atoms with Crippen molar-refractivity contribution in [3.63, 3.8) is 0 Å². The minimum Gasteiger partial charge on any atom is -0.480 e. The molecule has 0 bridgehead atoms. The van der Waals surface area contributed by atoms with Crippen LogP contribution in [0, 0.1) is 6.92 Å². The lowest BCUT2D eigenvalue weighted by molar-refractivity contribution is -0.139. The van der Waals surface area contributed by atoms with Crippen molar-refractivity contribution in [2.75, 3.05) is 0 Å². The van der Waals surface area contributed by atoms with Gasteiger partial charge in [0.05, 0.1) is 0 Å². The normalized spacial score (nSPS) is 18.1. The maximum Gasteiger partial charge on any atom is 0.321 e. The molecule has 1 aromatic rings. The Balaban J connectivity index is 0.000000606. The first-order valence-electron chi connectivity index (χ1n) is 5.72. The number of aliphatic carboxylic acids is 1. The van der Waals surface area contributed by atoms with Crippen molar-refractivity contribution in [1.29, 1.82) is 0 Å². The highest BCUT2D eigenvalue weighted by molar-refractivity contribution is 5.74. The molecule has 0 aliphatic carbocycles. The maximum atomic E-state index is 10.8. The summed E-state index contributed by atoms with van der Waals surface area (Å²) in [7, 11) is 0. The molecule has 0 saturated heterocycles. The van der Waals surface area contributed by atoms with E-state index in [1.807, 2.05) is 26.0 Å². The standard InChI is InChI=1S/C11H13NO2.C2H6/c1-7-3-2-4-8-5-10(11(13)14)12-6-9(7)8;1-2/h2-4,10,12H,5-6H2,1H3,(H,13,14);1-2H3. The van der Waals surface area contributed by atoms with E-state index in [1.165, 1.54) is 11.1 Å². The van der Waals surface area contributed by atoms with Gasteiger partial charge in [-0.15, -0.1) is 0 Å². The largest absolute Gasteiger partial charge is 0.480 e. The first kappa shape index (κ1) is 12.7. The Hall–Kier alpha value is -1.35. The van der Waals surface area contributed by atoms with Gasteiger partial charge in [-0.25, -0.2) is 0 Å². The molecular weight excluding hydrogens is 202 g/mol. The fraction of sp³-hybridized carbons (Fsp3) is 0.462. The zero-order valence-electron chi connectivity index (χ0n) is 10.1. The van der Waals surface area contributed by atoms with Crippen molar-refractivity contribution < 1.29 is 9.90 Å². The van der Waals surface area contributed by atoms with E-state index in [1.54, 1.807) is 0 Å². The highest BCUT2D eigenvalue weighted by Gasteiger charge is 2.23. The number of nitrogens with one attached hydrogen (secondary N) is 1. The molecule has 1 unspecified atom stereocenters. The van der Waals surface area contributed by atoms with E-state index in [0.29, 0.717) is 13.0 Å². The van der Waals surface area contributed by atoms with Gasteiger partial charge in [-0.2, -0.15) is 0 Å². The Morgan fingerprint density at radius 2 is 2.12 bits per heavy atom. The van der Waals surface area contributed by atoms with Crippen LogP contribution in [0.25, 0.3) is 0 Å². The van der Waals surface area contributed by atoms with Crippen LogP contribution in [-0.4, -0.2) is 17.1 Å². The summed E-state index contributed by atoms with van der Waals surface area (Å²) in [6.45, 7) is 6.72. The average Bonchev–Trinajstić information content (AvgIpc) is 2.31. The van der Waals surface area contributed by atoms with Gasteiger partial charge in [-0.1, -0.05) is 32.0 Å². The third-order valence-corrected chi connectivity index (χ3v) is 2.75. The lowest BCUT2D eigenvalue weighted by Gasteiger charge is -2.24. The van der Waals surface area contributed by atoms with Crippen molar-refractivity contribution >= 4 is 5.97 Å². The van der Waals surface area contributed by atoms with Gasteiger partial charge in [0.1, 0.15) is 6.04 Å². The second-order valence-corrected chi connectivity index (χ2v) is 3.69. The molecule has 0 aromatic heterocycles. The van der Waals surface area contributed by atoms with Gasteiger partial charge in [-0.3, -0.25) is 10.1 Å². The third-order valence-electron chi connectivity index (χ3n) is 2.75. The number of carbonyl (C=O) groups is 1. The van der Waals surface area contributed by atoms with Crippen molar-refractivity contribution in [3.05, 3.63) is 34.9 Å². The van der Waals surface area contributed by atoms with Crippen LogP contribution in [0.15, 0.2) is 18.2 Å². The highest BCUT2D eigenvalue weighted by Crippen LogP contribution is 2.19. The van der Waals surface area contributed by atoms with Crippen molar-refractivity contribution in [3.8, 4) is 0 Å². The number of benzene rings is 1. The number of rotatable bonds is 1. The summed E-state index contributed by atoms with van der Waals surface area (Å²) in [6.07, 6.45) is 0.590. The van der Waals surface area contributed by atoms with Crippen LogP contribution in [0.2, 0.25) is 0 Å². The van der Waals surface area contributed by atoms with E-state index in [4.69, 9.17) is 5.11 Å². The van der Waals surface area contributed by atoms with Crippen LogP contribution in [0.5, 0.6) is 0 Å². The molecule has 1 aromatic carbocycles. The molecule has 1 atom stereocenters. The van der Waals surface area contributed by atoms with E-state index in [0.717, 1.165) is 5.56 Å². The van der Waals surface area contributed by atoms with E-state index >= 15 is 0 Å². The van der Waals surface area contributed by atoms with E-state index in [9.17, 15) is 4.79 Å². The lowest BCUT2D eigenvalue weighted by atomic mass is 9.93. The van der Waals surface area contributed by atoms with Crippen LogP contribution >= 0.6 is 0 Å². The number of carboxylic acids is 1. The van der Waals surface area contributed by atoms with E-state index in [2.05, 4.69) is 18.3 Å². The third kappa shape index (κ3) is 2.61. The van der Waals surface area contributed by atoms with Gasteiger partial charge in [0, 0.05) is 6.54 Å². The molecule has 16 heavy (non-hydrogen) atoms. The van der Waals surface area contributed by atoms with Gasteiger partial charge in [-0.05, 0) is 30.0 Å². The second-order valence-electron chi connectivity index (χ2n) is 3.69. The molecule has 3 nitrogen and oxygen atoms in total. The molecule has 0 spiro atoms. The molecule has 88 valence electrons. The van der Waals surface area contributed by atoms with E-state index in [-0.39, 0.29) is 0 Å². The molecule has 0 amide bonds. The molecule has 2 N–H and O–H groups in total. The number of hydrogen-bond acceptors (Lipinski definition) is 2. The van der Waals surface area contributed by atoms with Gasteiger partial charge < -0.3 is 5.11 Å². The topological polar surface area (TPSA) is 49.3 Å². The predicted molar refractivity (Wildman–Crippen MR) is 64.5 cm³/mol. The SMILES string of the molecule is CC.Cc1cccc2c1CNC(C(=O)O)C2. The van der Waals surface area contributed by atoms with Gasteiger partial charge in [0.2, 0.25) is 0 Å². The molecule has 0 radical (unpaired) electrons. The van der Waals surface area contributed by atoms with Crippen molar-refractivity contribution in [1.82, 2.24) is 5.32 Å². The maximum absolute atomic E-state index is 10.8. The minimum absolute atomic E-state index is 0.427. The average molecular weight is 221 g/mol. The summed E-state index contributed by atoms with van der Waals surface area (Å²) in [6, 6.07) is 5.63. The van der Waals surface area contributed by atoms with Crippen LogP contribution in [-0.2, 0) is 17.8 Å². The van der Waals surface area contributed by atoms with Crippen LogP contribution in [0.4, 0.5) is 0 Å². The Labute approximate surface area is 96.5 Å². The minimum atomic E-state index is -0.767. The van der Waals surface area contributed by atoms with Crippen LogP contribution < -0.4 is 5.32 Å². The molecule has 3 heteroatoms. The molecule has 2 rings (SSSR count). The second kappa shape index (κ2) is 5.66. The first-order chi connectivity index (χ1) is 7.68. The molecule has 1 heterocycles. The first-order valence-corrected chi connectivity index (χ1v) is 5.72. The number of carboxylic acid groups (broad SMARTS) is 1. The lowest BCUT2D eigenvalue weighted by Crippen LogP contribution is -2.41. The fourth-order valence-corrected chi connectivity index (χ4v) is 1.90. The summed E-state index contributed by atoms with van der Waals surface area (Å²) in [5, 5.41) is 11.9. The summed E-state index contributed by atoms with van der Waals surface area (Å²) in [4.78, 5) is 10.8. The number of aryl methyl sites for hydroxylation is 1. The molecule has 0 fully saturated rings. The van der Waals surface area contributed by atoms with Crippen molar-refractivity contribution in [2.45, 2.75) is 39.8 Å². The zero-order valence-corrected chi connectivity index (χ0v) is 10.1. The fourth-order valence-electron chi connectivity index (χ4n) is 1.90. The summed E-state index contributed by atoms with van der Waals surface area (Å²) >= 11 is 0. The Morgan fingerprint density at radius 3 is 2.75 bits per heavy atom. The monoisotopic (exact) mass is 221 g/mol. The Kier molecular flexibility index (Phi) is 4.50. The van der Waals surface area contributed by atoms with Gasteiger partial charge >= 0.3 is 5.97 Å². The summed E-state index contributed by atoms with van der Waals surface area (Å²) in [5.74, 6) is -0.767. The molecular formula is C13H19NO2. The Bertz CT molecular complexity index is 374. The zero-order chi connectivity index (χ0) is 12.1. The Morgan fingerprint density at radius 1 is 1.44 bits per heavy atom. The van der Waals surface area contributed by atoms with Gasteiger partial charge in [0.15, 0.2) is 0 Å². The number of fused-ring (bicyclic) bond motifs is 1. The van der Waals surface area contributed by atoms with Crippen LogP contribution in [0.3, 0.4) is 0 Å². The van der Waals surface area contributed by atoms with Gasteiger partial charge in [0.25, 0.3) is 0 Å². The van der Waals surface area contributed by atoms with Crippen molar-refractivity contribution in [2.24, 2.45) is 0 Å². The summed E-state index contributed by atoms with van der Waals surface area (Å²) < 4.78 is 0. The smallest absolute Gasteiger partial charge is 0.321 e. The summed E-state index contributed by atoms with van der Waals surface area (Å²) in [5.41, 5.74) is 3.65. The number of hydrogen-bond donors (Lipinski definition) is 2. The molecule has 1 aliphatic rings. The van der Waals surface area contributed by atoms with E-state index < -0.39 is 12.0 Å².